The van der Waals surface area contributed by atoms with Gasteiger partial charge in [-0.25, -0.2) is 0 Å². The highest BCUT2D eigenvalue weighted by molar-refractivity contribution is 5.01. The fourth-order valence-corrected chi connectivity index (χ4v) is 0.319. The van der Waals surface area contributed by atoms with E-state index in [1.165, 1.54) is 0 Å². The first-order valence-electron chi connectivity index (χ1n) is 2.74. The third-order valence-electron chi connectivity index (χ3n) is 0.648. The Hall–Kier alpha value is -0.480. The van der Waals surface area contributed by atoms with Crippen LogP contribution in [0.4, 0.5) is 0 Å². The molecule has 0 aromatic heterocycles. The lowest BCUT2D eigenvalue weighted by atomic mass is 10.5. The molecule has 0 rings (SSSR count). The van der Waals surface area contributed by atoms with Gasteiger partial charge in [-0.15, -0.1) is 0 Å². The molecule has 0 atom stereocenters. The lowest BCUT2D eigenvalue weighted by Gasteiger charge is -1.91. The monoisotopic (exact) mass is 111 g/mol. The zero-order valence-electron chi connectivity index (χ0n) is 5.24. The van der Waals surface area contributed by atoms with Gasteiger partial charge in [-0.2, -0.15) is 0 Å². The second-order valence-electron chi connectivity index (χ2n) is 1.41. The Kier molecular flexibility index (Phi) is 6.13. The Balaban J connectivity index is 2.79. The molecule has 0 spiro atoms. The summed E-state index contributed by atoms with van der Waals surface area (Å²) in [5, 5.41) is 0. The third kappa shape index (κ3) is 5.52. The van der Waals surface area contributed by atoms with Crippen LogP contribution in [0.2, 0.25) is 0 Å². The molecule has 0 aliphatic carbocycles. The van der Waals surface area contributed by atoms with Crippen LogP contribution in [-0.4, -0.2) is 13.2 Å². The summed E-state index contributed by atoms with van der Waals surface area (Å²) in [5.41, 5.74) is 0. The first kappa shape index (κ1) is 7.52. The van der Waals surface area contributed by atoms with Gasteiger partial charge in [0.1, 0.15) is 6.61 Å². The van der Waals surface area contributed by atoms with E-state index in [1.807, 2.05) is 0 Å². The smallest absolute Gasteiger partial charge is 0.107 e. The molecule has 0 aliphatic heterocycles. The van der Waals surface area contributed by atoms with Gasteiger partial charge in [0.15, 0.2) is 0 Å². The van der Waals surface area contributed by atoms with Crippen LogP contribution in [0.3, 0.4) is 0 Å². The maximum atomic E-state index is 5.01. The quantitative estimate of drug-likeness (QED) is 0.393. The molecule has 0 saturated carbocycles. The topological polar surface area (TPSA) is 9.23 Å². The predicted molar refractivity (Wildman–Crippen MR) is 34.2 cm³/mol. The van der Waals surface area contributed by atoms with Crippen molar-refractivity contribution in [2.24, 2.45) is 0 Å². The average Bonchev–Trinajstić information content (AvgIpc) is 1.81. The molecule has 45 valence electrons. The lowest BCUT2D eigenvalue weighted by Crippen LogP contribution is -1.91. The average molecular weight is 111 g/mol. The van der Waals surface area contributed by atoms with Crippen molar-refractivity contribution in [1.82, 2.24) is 0 Å². The summed E-state index contributed by atoms with van der Waals surface area (Å²) >= 11 is 0. The standard InChI is InChI=1S/C7H11O/c1-3-5-7-8-6-4-2/h1,4,6-7H2,2H3. The van der Waals surface area contributed by atoms with Gasteiger partial charge in [-0.05, 0) is 6.42 Å². The fourth-order valence-electron chi connectivity index (χ4n) is 0.319. The largest absolute Gasteiger partial charge is 0.369 e. The SMILES string of the molecule is [CH2]C#CCOCCC. The zero-order valence-corrected chi connectivity index (χ0v) is 5.24. The van der Waals surface area contributed by atoms with E-state index >= 15 is 0 Å². The van der Waals surface area contributed by atoms with E-state index in [1.54, 1.807) is 0 Å². The fraction of sp³-hybridized carbons (Fsp3) is 0.571. The second kappa shape index (κ2) is 6.52. The van der Waals surface area contributed by atoms with Gasteiger partial charge in [0.2, 0.25) is 0 Å². The van der Waals surface area contributed by atoms with Crippen LogP contribution in [-0.2, 0) is 4.74 Å². The molecule has 1 heteroatoms. The van der Waals surface area contributed by atoms with Crippen LogP contribution in [0.15, 0.2) is 0 Å². The highest BCUT2D eigenvalue weighted by Crippen LogP contribution is 1.76. The second-order valence-corrected chi connectivity index (χ2v) is 1.41. The minimum atomic E-state index is 0.525. The molecule has 0 N–H and O–H groups in total. The maximum absolute atomic E-state index is 5.01. The van der Waals surface area contributed by atoms with Crippen LogP contribution in [0.5, 0.6) is 0 Å². The van der Waals surface area contributed by atoms with E-state index < -0.39 is 0 Å². The summed E-state index contributed by atoms with van der Waals surface area (Å²) in [5.74, 6) is 5.20. The van der Waals surface area contributed by atoms with Crippen molar-refractivity contribution < 1.29 is 4.74 Å². The molecular formula is C7H11O. The van der Waals surface area contributed by atoms with Crippen molar-refractivity contribution in [2.45, 2.75) is 13.3 Å². The van der Waals surface area contributed by atoms with Crippen molar-refractivity contribution >= 4 is 0 Å². The van der Waals surface area contributed by atoms with Gasteiger partial charge in [-0.1, -0.05) is 18.8 Å². The van der Waals surface area contributed by atoms with Crippen LogP contribution < -0.4 is 0 Å². The van der Waals surface area contributed by atoms with Crippen molar-refractivity contribution in [3.8, 4) is 11.8 Å². The van der Waals surface area contributed by atoms with Crippen molar-refractivity contribution in [1.29, 1.82) is 0 Å². The van der Waals surface area contributed by atoms with E-state index in [-0.39, 0.29) is 0 Å². The van der Waals surface area contributed by atoms with Gasteiger partial charge in [-0.3, -0.25) is 0 Å². The molecule has 0 bridgehead atoms. The van der Waals surface area contributed by atoms with E-state index in [2.05, 4.69) is 25.7 Å². The van der Waals surface area contributed by atoms with Crippen molar-refractivity contribution in [3.05, 3.63) is 6.92 Å². The van der Waals surface area contributed by atoms with Gasteiger partial charge >= 0.3 is 0 Å². The van der Waals surface area contributed by atoms with Gasteiger partial charge in [0, 0.05) is 13.5 Å². The minimum Gasteiger partial charge on any atom is -0.369 e. The Morgan fingerprint density at radius 3 is 2.88 bits per heavy atom. The van der Waals surface area contributed by atoms with Crippen molar-refractivity contribution in [2.75, 3.05) is 13.2 Å². The lowest BCUT2D eigenvalue weighted by molar-refractivity contribution is 0.168. The van der Waals surface area contributed by atoms with Gasteiger partial charge < -0.3 is 4.74 Å². The van der Waals surface area contributed by atoms with Crippen LogP contribution >= 0.6 is 0 Å². The number of hydrogen-bond donors (Lipinski definition) is 0. The summed E-state index contributed by atoms with van der Waals surface area (Å²) in [6.45, 7) is 6.73. The Morgan fingerprint density at radius 1 is 1.62 bits per heavy atom. The summed E-state index contributed by atoms with van der Waals surface area (Å²) in [6.07, 6.45) is 1.05. The molecule has 0 aliphatic rings. The third-order valence-corrected chi connectivity index (χ3v) is 0.648. The first-order chi connectivity index (χ1) is 3.91. The van der Waals surface area contributed by atoms with E-state index in [0.717, 1.165) is 13.0 Å². The zero-order chi connectivity index (χ0) is 6.24. The summed E-state index contributed by atoms with van der Waals surface area (Å²) in [6, 6.07) is 0. The summed E-state index contributed by atoms with van der Waals surface area (Å²) < 4.78 is 5.01. The normalized spacial score (nSPS) is 7.75. The molecule has 0 heterocycles. The summed E-state index contributed by atoms with van der Waals surface area (Å²) in [7, 11) is 0. The molecule has 0 aromatic carbocycles. The summed E-state index contributed by atoms with van der Waals surface area (Å²) in [4.78, 5) is 0. The van der Waals surface area contributed by atoms with E-state index in [4.69, 9.17) is 4.74 Å². The number of hydrogen-bond acceptors (Lipinski definition) is 1. The van der Waals surface area contributed by atoms with Crippen molar-refractivity contribution in [3.63, 3.8) is 0 Å². The molecule has 0 saturated heterocycles. The predicted octanol–water partition coefficient (Wildman–Crippen LogP) is 1.25. The molecular weight excluding hydrogens is 100 g/mol. The Bertz CT molecular complexity index is 86.3. The molecule has 0 unspecified atom stereocenters. The van der Waals surface area contributed by atoms with Gasteiger partial charge in [0.25, 0.3) is 0 Å². The number of ether oxygens (including phenoxy) is 1. The van der Waals surface area contributed by atoms with Gasteiger partial charge in [0.05, 0.1) is 0 Å². The molecule has 1 radical (unpaired) electrons. The Morgan fingerprint density at radius 2 is 2.38 bits per heavy atom. The first-order valence-corrected chi connectivity index (χ1v) is 2.74. The number of rotatable bonds is 3. The van der Waals surface area contributed by atoms with Crippen LogP contribution in [0, 0.1) is 18.8 Å². The van der Waals surface area contributed by atoms with E-state index in [9.17, 15) is 0 Å². The van der Waals surface area contributed by atoms with Crippen LogP contribution in [0.1, 0.15) is 13.3 Å². The minimum absolute atomic E-state index is 0.525. The highest BCUT2D eigenvalue weighted by Gasteiger charge is 1.75. The van der Waals surface area contributed by atoms with Crippen LogP contribution in [0.25, 0.3) is 0 Å². The molecule has 0 aromatic rings. The molecule has 0 amide bonds. The molecule has 8 heavy (non-hydrogen) atoms. The highest BCUT2D eigenvalue weighted by atomic mass is 16.5. The Labute approximate surface area is 51.0 Å². The molecule has 1 nitrogen and oxygen atoms in total. The molecule has 0 fully saturated rings. The van der Waals surface area contributed by atoms with E-state index in [0.29, 0.717) is 6.61 Å². The maximum Gasteiger partial charge on any atom is 0.107 e.